The molecule has 34 heavy (non-hydrogen) atoms. The summed E-state index contributed by atoms with van der Waals surface area (Å²) >= 11 is 0. The number of hydrogen-bond acceptors (Lipinski definition) is 4. The molecule has 4 aliphatic rings. The molecular weight excluding hydrogens is 424 g/mol. The van der Waals surface area contributed by atoms with E-state index in [-0.39, 0.29) is 39.8 Å². The van der Waals surface area contributed by atoms with Crippen molar-refractivity contribution >= 4 is 5.78 Å². The number of hydrogen-bond donors (Lipinski definition) is 2. The van der Waals surface area contributed by atoms with Crippen LogP contribution in [0.3, 0.4) is 0 Å². The molecule has 0 spiro atoms. The summed E-state index contributed by atoms with van der Waals surface area (Å²) in [5, 5.41) is 20.1. The fourth-order valence-electron chi connectivity index (χ4n) is 9.31. The van der Waals surface area contributed by atoms with Gasteiger partial charge in [0.05, 0.1) is 6.10 Å². The van der Waals surface area contributed by atoms with E-state index in [1.165, 1.54) is 11.1 Å². The van der Waals surface area contributed by atoms with E-state index < -0.39 is 0 Å². The van der Waals surface area contributed by atoms with Crippen molar-refractivity contribution in [2.45, 2.75) is 118 Å². The Labute approximate surface area is 207 Å². The molecular formula is C30H48O4. The van der Waals surface area contributed by atoms with Crippen LogP contribution in [0, 0.1) is 39.4 Å². The first-order chi connectivity index (χ1) is 15.7. The average molecular weight is 473 g/mol. The number of aliphatic hydroxyl groups is 1. The van der Waals surface area contributed by atoms with Gasteiger partial charge in [-0.15, -0.1) is 0 Å². The zero-order valence-electron chi connectivity index (χ0n) is 22.7. The average Bonchev–Trinajstić information content (AvgIpc) is 3.04. The van der Waals surface area contributed by atoms with Crippen LogP contribution in [0.2, 0.25) is 0 Å². The standard InChI is InChI=1S/C30H48O4/c1-18(2)23(34-33)10-9-19(3)20-11-16-30(8)26-21(12-15-29(20,30)7)28(6)14-13-25(32)27(4,5)24(28)17-22(26)31/h19-20,23-25,32-33H,1,9-17H2,2-8H3/t19-,20-,23-,24-,25-,28+,29-,30+/m0/s1. The highest BCUT2D eigenvalue weighted by Crippen LogP contribution is 2.71. The van der Waals surface area contributed by atoms with Gasteiger partial charge in [0.25, 0.3) is 0 Å². The molecule has 4 nitrogen and oxygen atoms in total. The van der Waals surface area contributed by atoms with Gasteiger partial charge in [0.15, 0.2) is 5.78 Å². The van der Waals surface area contributed by atoms with Crippen LogP contribution in [0.15, 0.2) is 23.3 Å². The van der Waals surface area contributed by atoms with E-state index in [4.69, 9.17) is 0 Å². The van der Waals surface area contributed by atoms with E-state index in [1.807, 2.05) is 6.92 Å². The highest BCUT2D eigenvalue weighted by atomic mass is 17.1. The van der Waals surface area contributed by atoms with Crippen molar-refractivity contribution in [2.75, 3.05) is 0 Å². The second kappa shape index (κ2) is 8.56. The molecule has 4 rings (SSSR count). The topological polar surface area (TPSA) is 66.8 Å². The van der Waals surface area contributed by atoms with Crippen molar-refractivity contribution in [1.29, 1.82) is 0 Å². The Morgan fingerprint density at radius 2 is 1.79 bits per heavy atom. The zero-order valence-corrected chi connectivity index (χ0v) is 22.7. The molecule has 0 saturated heterocycles. The van der Waals surface area contributed by atoms with Crippen LogP contribution in [0.25, 0.3) is 0 Å². The van der Waals surface area contributed by atoms with Gasteiger partial charge < -0.3 is 5.11 Å². The molecule has 2 saturated carbocycles. The Balaban J connectivity index is 1.66. The maximum absolute atomic E-state index is 13.9. The molecule has 192 valence electrons. The lowest BCUT2D eigenvalue weighted by molar-refractivity contribution is -0.270. The van der Waals surface area contributed by atoms with Gasteiger partial charge in [-0.05, 0) is 97.9 Å². The van der Waals surface area contributed by atoms with Crippen molar-refractivity contribution in [3.63, 3.8) is 0 Å². The fourth-order valence-corrected chi connectivity index (χ4v) is 9.31. The molecule has 0 heterocycles. The van der Waals surface area contributed by atoms with Crippen LogP contribution in [0.5, 0.6) is 0 Å². The van der Waals surface area contributed by atoms with E-state index in [9.17, 15) is 15.2 Å². The Kier molecular flexibility index (Phi) is 6.57. The van der Waals surface area contributed by atoms with Gasteiger partial charge in [-0.2, -0.15) is 0 Å². The molecule has 0 unspecified atom stereocenters. The van der Waals surface area contributed by atoms with Gasteiger partial charge in [0.1, 0.15) is 6.10 Å². The van der Waals surface area contributed by atoms with Gasteiger partial charge >= 0.3 is 0 Å². The largest absolute Gasteiger partial charge is 0.393 e. The Hall–Kier alpha value is -0.970. The molecule has 4 heteroatoms. The van der Waals surface area contributed by atoms with Crippen LogP contribution >= 0.6 is 0 Å². The van der Waals surface area contributed by atoms with Crippen LogP contribution in [-0.2, 0) is 9.68 Å². The molecule has 0 aromatic rings. The second-order valence-electron chi connectivity index (χ2n) is 13.7. The number of carbonyl (C=O) groups is 1. The van der Waals surface area contributed by atoms with Crippen LogP contribution in [0.1, 0.15) is 106 Å². The van der Waals surface area contributed by atoms with Crippen molar-refractivity contribution in [2.24, 2.45) is 39.4 Å². The van der Waals surface area contributed by atoms with Crippen molar-refractivity contribution in [1.82, 2.24) is 0 Å². The number of fused-ring (bicyclic) bond motifs is 4. The highest BCUT2D eigenvalue weighted by Gasteiger charge is 2.65. The molecule has 0 bridgehead atoms. The number of rotatable bonds is 6. The molecule has 0 aromatic carbocycles. The lowest BCUT2D eigenvalue weighted by Gasteiger charge is -2.61. The Morgan fingerprint density at radius 1 is 1.12 bits per heavy atom. The third-order valence-corrected chi connectivity index (χ3v) is 11.9. The minimum atomic E-state index is -0.326. The monoisotopic (exact) mass is 472 g/mol. The summed E-state index contributed by atoms with van der Waals surface area (Å²) in [6.45, 7) is 19.8. The fraction of sp³-hybridized carbons (Fsp3) is 0.833. The summed E-state index contributed by atoms with van der Waals surface area (Å²) in [7, 11) is 0. The smallest absolute Gasteiger partial charge is 0.159 e. The summed E-state index contributed by atoms with van der Waals surface area (Å²) in [6.07, 6.45) is 7.93. The number of carbonyl (C=O) groups excluding carboxylic acids is 1. The molecule has 0 radical (unpaired) electrons. The number of Topliss-reactive ketones (excluding diaryl/α,β-unsaturated/α-hetero) is 1. The van der Waals surface area contributed by atoms with Crippen molar-refractivity contribution in [3.8, 4) is 0 Å². The second-order valence-corrected chi connectivity index (χ2v) is 13.7. The SMILES string of the molecule is C=C(C)[C@H](CC[C@H](C)[C@@H]1CC[C@]2(C)C3=C(CC[C@@]12C)[C@@]1(C)CC[C@H](O)C(C)(C)[C@@H]1CC3=O)OO. The molecule has 2 N–H and O–H groups in total. The van der Waals surface area contributed by atoms with Gasteiger partial charge in [0.2, 0.25) is 0 Å². The van der Waals surface area contributed by atoms with Gasteiger partial charge in [-0.1, -0.05) is 53.7 Å². The quantitative estimate of drug-likeness (QED) is 0.245. The van der Waals surface area contributed by atoms with Gasteiger partial charge in [0, 0.05) is 17.4 Å². The third-order valence-electron chi connectivity index (χ3n) is 11.9. The van der Waals surface area contributed by atoms with E-state index >= 15 is 0 Å². The van der Waals surface area contributed by atoms with Gasteiger partial charge in [-0.25, -0.2) is 4.89 Å². The third kappa shape index (κ3) is 3.53. The first-order valence-electron chi connectivity index (χ1n) is 13.6. The molecule has 0 aromatic heterocycles. The minimum Gasteiger partial charge on any atom is -0.393 e. The normalized spacial score (nSPS) is 43.1. The van der Waals surface area contributed by atoms with Crippen molar-refractivity contribution < 1.29 is 20.0 Å². The maximum atomic E-state index is 13.9. The Bertz CT molecular complexity index is 886. The maximum Gasteiger partial charge on any atom is 0.159 e. The highest BCUT2D eigenvalue weighted by molar-refractivity contribution is 5.99. The predicted molar refractivity (Wildman–Crippen MR) is 136 cm³/mol. The summed E-state index contributed by atoms with van der Waals surface area (Å²) < 4.78 is 0. The number of allylic oxidation sites excluding steroid dienone is 2. The predicted octanol–water partition coefficient (Wildman–Crippen LogP) is 7.13. The number of aliphatic hydroxyl groups excluding tert-OH is 1. The lowest BCUT2D eigenvalue weighted by atomic mass is 9.43. The Morgan fingerprint density at radius 3 is 2.41 bits per heavy atom. The zero-order chi connectivity index (χ0) is 25.3. The summed E-state index contributed by atoms with van der Waals surface area (Å²) in [5.74, 6) is 1.63. The van der Waals surface area contributed by atoms with Crippen LogP contribution in [0.4, 0.5) is 0 Å². The molecule has 8 atom stereocenters. The lowest BCUT2D eigenvalue weighted by Crippen LogP contribution is -2.57. The minimum absolute atomic E-state index is 0.0210. The molecule has 0 aliphatic heterocycles. The van der Waals surface area contributed by atoms with E-state index in [0.29, 0.717) is 24.0 Å². The number of ketones is 1. The molecule has 0 amide bonds. The first-order valence-corrected chi connectivity index (χ1v) is 13.6. The van der Waals surface area contributed by atoms with Crippen LogP contribution in [-0.4, -0.2) is 28.4 Å². The first kappa shape index (κ1) is 26.1. The molecule has 4 aliphatic carbocycles. The van der Waals surface area contributed by atoms with Gasteiger partial charge in [-0.3, -0.25) is 10.1 Å². The molecule has 2 fully saturated rings. The van der Waals surface area contributed by atoms with E-state index in [2.05, 4.69) is 53.0 Å². The summed E-state index contributed by atoms with van der Waals surface area (Å²) in [4.78, 5) is 18.6. The summed E-state index contributed by atoms with van der Waals surface area (Å²) in [5.41, 5.74) is 3.30. The van der Waals surface area contributed by atoms with Crippen molar-refractivity contribution in [3.05, 3.63) is 23.3 Å². The summed E-state index contributed by atoms with van der Waals surface area (Å²) in [6, 6.07) is 0. The van der Waals surface area contributed by atoms with E-state index in [1.54, 1.807) is 0 Å². The van der Waals surface area contributed by atoms with Crippen LogP contribution < -0.4 is 0 Å². The van der Waals surface area contributed by atoms with E-state index in [0.717, 1.165) is 56.9 Å².